The fourth-order valence-corrected chi connectivity index (χ4v) is 2.61. The zero-order chi connectivity index (χ0) is 13.7. The molecule has 1 fully saturated rings. The van der Waals surface area contributed by atoms with Gasteiger partial charge in [-0.1, -0.05) is 12.1 Å². The van der Waals surface area contributed by atoms with Gasteiger partial charge in [-0.05, 0) is 37.7 Å². The van der Waals surface area contributed by atoms with Crippen molar-refractivity contribution < 1.29 is 9.66 Å². The Kier molecular flexibility index (Phi) is 4.74. The first-order chi connectivity index (χ1) is 9.20. The van der Waals surface area contributed by atoms with Crippen molar-refractivity contribution in [3.05, 3.63) is 34.4 Å². The Morgan fingerprint density at radius 1 is 1.32 bits per heavy atom. The quantitative estimate of drug-likeness (QED) is 0.655. The summed E-state index contributed by atoms with van der Waals surface area (Å²) in [6.45, 7) is 0.793. The number of anilines is 1. The van der Waals surface area contributed by atoms with Crippen LogP contribution in [0, 0.1) is 16.0 Å². The SMILES string of the molecule is COC1CCC(CNc2ccccc2[N+](=O)[O-])CC1. The summed E-state index contributed by atoms with van der Waals surface area (Å²) in [5.74, 6) is 0.575. The van der Waals surface area contributed by atoms with Crippen LogP contribution >= 0.6 is 0 Å². The van der Waals surface area contributed by atoms with Crippen LogP contribution in [0.25, 0.3) is 0 Å². The molecule has 2 rings (SSSR count). The molecular formula is C14H20N2O3. The van der Waals surface area contributed by atoms with Gasteiger partial charge in [-0.3, -0.25) is 10.1 Å². The van der Waals surface area contributed by atoms with Gasteiger partial charge in [0.05, 0.1) is 11.0 Å². The summed E-state index contributed by atoms with van der Waals surface area (Å²) in [4.78, 5) is 10.6. The van der Waals surface area contributed by atoms with E-state index in [1.165, 1.54) is 6.07 Å². The predicted octanol–water partition coefficient (Wildman–Crippen LogP) is 3.21. The highest BCUT2D eigenvalue weighted by molar-refractivity contribution is 5.61. The first-order valence-electron chi connectivity index (χ1n) is 6.70. The molecule has 1 aliphatic rings. The van der Waals surface area contributed by atoms with Gasteiger partial charge in [-0.15, -0.1) is 0 Å². The number of rotatable bonds is 5. The Bertz CT molecular complexity index is 428. The molecule has 1 saturated carbocycles. The number of nitro groups is 1. The molecule has 0 atom stereocenters. The molecular weight excluding hydrogens is 244 g/mol. The minimum absolute atomic E-state index is 0.146. The van der Waals surface area contributed by atoms with Gasteiger partial charge < -0.3 is 10.1 Å². The molecule has 1 aromatic rings. The molecule has 1 aliphatic carbocycles. The van der Waals surface area contributed by atoms with E-state index in [0.29, 0.717) is 17.7 Å². The Morgan fingerprint density at radius 3 is 2.63 bits per heavy atom. The number of nitrogens with zero attached hydrogens (tertiary/aromatic N) is 1. The van der Waals surface area contributed by atoms with E-state index in [9.17, 15) is 10.1 Å². The molecule has 0 aromatic heterocycles. The van der Waals surface area contributed by atoms with E-state index in [1.807, 2.05) is 6.07 Å². The van der Waals surface area contributed by atoms with Gasteiger partial charge in [0.15, 0.2) is 0 Å². The molecule has 104 valence electrons. The van der Waals surface area contributed by atoms with Crippen LogP contribution in [0.3, 0.4) is 0 Å². The number of para-hydroxylation sites is 2. The second kappa shape index (κ2) is 6.52. The predicted molar refractivity (Wildman–Crippen MR) is 74.3 cm³/mol. The molecule has 0 bridgehead atoms. The van der Waals surface area contributed by atoms with Crippen LogP contribution in [-0.4, -0.2) is 24.7 Å². The molecule has 5 nitrogen and oxygen atoms in total. The van der Waals surface area contributed by atoms with Gasteiger partial charge in [0.25, 0.3) is 5.69 Å². The average molecular weight is 264 g/mol. The molecule has 0 aliphatic heterocycles. The van der Waals surface area contributed by atoms with Gasteiger partial charge in [0.1, 0.15) is 5.69 Å². The van der Waals surface area contributed by atoms with Crippen molar-refractivity contribution in [2.45, 2.75) is 31.8 Å². The number of ether oxygens (including phenoxy) is 1. The van der Waals surface area contributed by atoms with E-state index in [-0.39, 0.29) is 10.6 Å². The second-order valence-electron chi connectivity index (χ2n) is 5.03. The van der Waals surface area contributed by atoms with Crippen LogP contribution in [0.1, 0.15) is 25.7 Å². The summed E-state index contributed by atoms with van der Waals surface area (Å²) in [7, 11) is 1.76. The Hall–Kier alpha value is -1.62. The van der Waals surface area contributed by atoms with Crippen LogP contribution in [0.5, 0.6) is 0 Å². The van der Waals surface area contributed by atoms with Gasteiger partial charge in [0, 0.05) is 19.7 Å². The molecule has 0 saturated heterocycles. The monoisotopic (exact) mass is 264 g/mol. The molecule has 5 heteroatoms. The van der Waals surface area contributed by atoms with Crippen molar-refractivity contribution in [3.63, 3.8) is 0 Å². The third kappa shape index (κ3) is 3.67. The summed E-state index contributed by atoms with van der Waals surface area (Å²) in [5.41, 5.74) is 0.759. The van der Waals surface area contributed by atoms with Crippen LogP contribution in [0.2, 0.25) is 0 Å². The molecule has 0 unspecified atom stereocenters. The molecule has 0 amide bonds. The fraction of sp³-hybridized carbons (Fsp3) is 0.571. The van der Waals surface area contributed by atoms with Gasteiger partial charge >= 0.3 is 0 Å². The summed E-state index contributed by atoms with van der Waals surface area (Å²) >= 11 is 0. The van der Waals surface area contributed by atoms with E-state index in [2.05, 4.69) is 5.32 Å². The lowest BCUT2D eigenvalue weighted by Crippen LogP contribution is -2.25. The normalized spacial score (nSPS) is 23.0. The number of nitrogens with one attached hydrogen (secondary N) is 1. The molecule has 1 N–H and O–H groups in total. The van der Waals surface area contributed by atoms with Gasteiger partial charge in [0.2, 0.25) is 0 Å². The fourth-order valence-electron chi connectivity index (χ4n) is 2.61. The maximum atomic E-state index is 10.9. The third-order valence-electron chi connectivity index (χ3n) is 3.81. The molecule has 1 aromatic carbocycles. The lowest BCUT2D eigenvalue weighted by molar-refractivity contribution is -0.384. The van der Waals surface area contributed by atoms with E-state index in [1.54, 1.807) is 19.2 Å². The lowest BCUT2D eigenvalue weighted by atomic mass is 9.87. The average Bonchev–Trinajstić information content (AvgIpc) is 2.46. The van der Waals surface area contributed by atoms with Crippen molar-refractivity contribution in [3.8, 4) is 0 Å². The topological polar surface area (TPSA) is 64.4 Å². The second-order valence-corrected chi connectivity index (χ2v) is 5.03. The van der Waals surface area contributed by atoms with Crippen LogP contribution in [-0.2, 0) is 4.74 Å². The smallest absolute Gasteiger partial charge is 0.292 e. The van der Waals surface area contributed by atoms with Crippen molar-refractivity contribution in [2.75, 3.05) is 19.0 Å². The van der Waals surface area contributed by atoms with Crippen molar-refractivity contribution in [1.29, 1.82) is 0 Å². The largest absolute Gasteiger partial charge is 0.381 e. The number of hydrogen-bond acceptors (Lipinski definition) is 4. The van der Waals surface area contributed by atoms with Crippen LogP contribution < -0.4 is 5.32 Å². The standard InChI is InChI=1S/C14H20N2O3/c1-19-12-8-6-11(7-9-12)10-15-13-4-2-3-5-14(13)16(17)18/h2-5,11-12,15H,6-10H2,1H3. The summed E-state index contributed by atoms with van der Waals surface area (Å²) < 4.78 is 5.34. The third-order valence-corrected chi connectivity index (χ3v) is 3.81. The van der Waals surface area contributed by atoms with Gasteiger partial charge in [-0.2, -0.15) is 0 Å². The van der Waals surface area contributed by atoms with E-state index in [0.717, 1.165) is 32.2 Å². The number of benzene rings is 1. The summed E-state index contributed by atoms with van der Waals surface area (Å²) in [6.07, 6.45) is 4.79. The zero-order valence-electron chi connectivity index (χ0n) is 11.2. The number of nitro benzene ring substituents is 1. The molecule has 0 heterocycles. The van der Waals surface area contributed by atoms with Crippen molar-refractivity contribution in [1.82, 2.24) is 0 Å². The van der Waals surface area contributed by atoms with Crippen molar-refractivity contribution >= 4 is 11.4 Å². The molecule has 0 spiro atoms. The Morgan fingerprint density at radius 2 is 2.00 bits per heavy atom. The highest BCUT2D eigenvalue weighted by Gasteiger charge is 2.21. The van der Waals surface area contributed by atoms with E-state index < -0.39 is 0 Å². The molecule has 19 heavy (non-hydrogen) atoms. The zero-order valence-corrected chi connectivity index (χ0v) is 11.2. The van der Waals surface area contributed by atoms with Crippen molar-refractivity contribution in [2.24, 2.45) is 5.92 Å². The maximum Gasteiger partial charge on any atom is 0.292 e. The van der Waals surface area contributed by atoms with E-state index in [4.69, 9.17) is 4.74 Å². The first kappa shape index (κ1) is 13.8. The summed E-state index contributed by atoms with van der Waals surface area (Å²) in [6, 6.07) is 6.80. The van der Waals surface area contributed by atoms with Crippen LogP contribution in [0.4, 0.5) is 11.4 Å². The van der Waals surface area contributed by atoms with Gasteiger partial charge in [-0.25, -0.2) is 0 Å². The lowest BCUT2D eigenvalue weighted by Gasteiger charge is -2.27. The highest BCUT2D eigenvalue weighted by atomic mass is 16.6. The summed E-state index contributed by atoms with van der Waals surface area (Å²) in [5, 5.41) is 14.1. The Labute approximate surface area is 113 Å². The minimum Gasteiger partial charge on any atom is -0.381 e. The number of hydrogen-bond donors (Lipinski definition) is 1. The van der Waals surface area contributed by atoms with Crippen LogP contribution in [0.15, 0.2) is 24.3 Å². The Balaban J connectivity index is 1.88. The number of methoxy groups -OCH3 is 1. The first-order valence-corrected chi connectivity index (χ1v) is 6.70. The maximum absolute atomic E-state index is 10.9. The molecule has 0 radical (unpaired) electrons. The van der Waals surface area contributed by atoms with E-state index >= 15 is 0 Å². The minimum atomic E-state index is -0.343. The highest BCUT2D eigenvalue weighted by Crippen LogP contribution is 2.28.